The second-order valence-corrected chi connectivity index (χ2v) is 5.28. The highest BCUT2D eigenvalue weighted by Crippen LogP contribution is 2.36. The monoisotopic (exact) mass is 230 g/mol. The van der Waals surface area contributed by atoms with Crippen LogP contribution in [0.5, 0.6) is 0 Å². The molecule has 0 unspecified atom stereocenters. The van der Waals surface area contributed by atoms with Crippen molar-refractivity contribution in [3.8, 4) is 0 Å². The zero-order valence-corrected chi connectivity index (χ0v) is 10.2. The van der Waals surface area contributed by atoms with E-state index < -0.39 is 0 Å². The van der Waals surface area contributed by atoms with Crippen LogP contribution in [0.3, 0.4) is 0 Å². The molecule has 1 aromatic carbocycles. The average Bonchev–Trinajstić information content (AvgIpc) is 3.00. The topological polar surface area (TPSA) is 46.3 Å². The van der Waals surface area contributed by atoms with Gasteiger partial charge in [0.05, 0.1) is 0 Å². The van der Waals surface area contributed by atoms with E-state index in [9.17, 15) is 4.79 Å². The molecular formula is C14H18N2O. The first-order valence-electron chi connectivity index (χ1n) is 6.34. The van der Waals surface area contributed by atoms with Crippen LogP contribution in [0.2, 0.25) is 0 Å². The molecule has 2 aliphatic rings. The van der Waals surface area contributed by atoms with Gasteiger partial charge >= 0.3 is 0 Å². The van der Waals surface area contributed by atoms with Crippen molar-refractivity contribution in [1.82, 2.24) is 0 Å². The molecule has 1 aliphatic carbocycles. The molecule has 3 nitrogen and oxygen atoms in total. The van der Waals surface area contributed by atoms with Gasteiger partial charge in [0.1, 0.15) is 0 Å². The summed E-state index contributed by atoms with van der Waals surface area (Å²) < 4.78 is 0. The van der Waals surface area contributed by atoms with Gasteiger partial charge in [-0.2, -0.15) is 0 Å². The highest BCUT2D eigenvalue weighted by atomic mass is 16.2. The number of aryl methyl sites for hydroxylation is 1. The standard InChI is InChI=1S/C14H18N2O/c1-9-6-11-4-5-16(13(11)8-12(9)15)14(17)7-10-2-3-10/h6,8,10H,2-5,7,15H2,1H3. The maximum atomic E-state index is 12.1. The van der Waals surface area contributed by atoms with Crippen LogP contribution in [0.25, 0.3) is 0 Å². The summed E-state index contributed by atoms with van der Waals surface area (Å²) in [5, 5.41) is 0. The zero-order valence-electron chi connectivity index (χ0n) is 10.2. The van der Waals surface area contributed by atoms with E-state index in [1.54, 1.807) is 0 Å². The van der Waals surface area contributed by atoms with Crippen LogP contribution >= 0.6 is 0 Å². The van der Waals surface area contributed by atoms with Gasteiger partial charge in [0, 0.05) is 24.3 Å². The van der Waals surface area contributed by atoms with Crippen molar-refractivity contribution in [1.29, 1.82) is 0 Å². The molecule has 1 amide bonds. The number of nitrogen functional groups attached to an aromatic ring is 1. The highest BCUT2D eigenvalue weighted by Gasteiger charge is 2.30. The van der Waals surface area contributed by atoms with Gasteiger partial charge in [-0.15, -0.1) is 0 Å². The molecule has 0 spiro atoms. The Balaban J connectivity index is 1.86. The number of rotatable bonds is 2. The van der Waals surface area contributed by atoms with Gasteiger partial charge in [-0.3, -0.25) is 4.79 Å². The Labute approximate surface area is 102 Å². The first-order chi connectivity index (χ1) is 8.15. The van der Waals surface area contributed by atoms with Crippen molar-refractivity contribution in [2.24, 2.45) is 5.92 Å². The number of hydrogen-bond donors (Lipinski definition) is 1. The molecule has 1 saturated carbocycles. The molecule has 1 fully saturated rings. The number of nitrogens with zero attached hydrogens (tertiary/aromatic N) is 1. The molecule has 3 heteroatoms. The number of anilines is 2. The SMILES string of the molecule is Cc1cc2c(cc1N)N(C(=O)CC1CC1)CC2. The summed E-state index contributed by atoms with van der Waals surface area (Å²) in [5.41, 5.74) is 10.1. The molecule has 1 heterocycles. The Morgan fingerprint density at radius 3 is 2.94 bits per heavy atom. The van der Waals surface area contributed by atoms with Crippen LogP contribution in [0, 0.1) is 12.8 Å². The van der Waals surface area contributed by atoms with Gasteiger partial charge < -0.3 is 10.6 Å². The second kappa shape index (κ2) is 3.76. The largest absolute Gasteiger partial charge is 0.398 e. The Bertz CT molecular complexity index is 477. The molecule has 1 aromatic rings. The molecule has 0 atom stereocenters. The van der Waals surface area contributed by atoms with E-state index in [1.807, 2.05) is 17.9 Å². The molecular weight excluding hydrogens is 212 g/mol. The quantitative estimate of drug-likeness (QED) is 0.792. The van der Waals surface area contributed by atoms with Gasteiger partial charge in [-0.1, -0.05) is 6.07 Å². The number of amides is 1. The Hall–Kier alpha value is -1.51. The highest BCUT2D eigenvalue weighted by molar-refractivity contribution is 5.96. The third-order valence-electron chi connectivity index (χ3n) is 3.82. The van der Waals surface area contributed by atoms with Gasteiger partial charge in [-0.05, 0) is 49.3 Å². The fourth-order valence-corrected chi connectivity index (χ4v) is 2.51. The minimum Gasteiger partial charge on any atom is -0.398 e. The number of fused-ring (bicyclic) bond motifs is 1. The third kappa shape index (κ3) is 1.90. The molecule has 1 aliphatic heterocycles. The average molecular weight is 230 g/mol. The molecule has 0 saturated heterocycles. The molecule has 0 radical (unpaired) electrons. The van der Waals surface area contributed by atoms with E-state index in [4.69, 9.17) is 5.73 Å². The summed E-state index contributed by atoms with van der Waals surface area (Å²) >= 11 is 0. The van der Waals surface area contributed by atoms with E-state index in [0.29, 0.717) is 12.3 Å². The van der Waals surface area contributed by atoms with Crippen molar-refractivity contribution in [2.75, 3.05) is 17.2 Å². The van der Waals surface area contributed by atoms with Crippen molar-refractivity contribution < 1.29 is 4.79 Å². The fraction of sp³-hybridized carbons (Fsp3) is 0.500. The summed E-state index contributed by atoms with van der Waals surface area (Å²) in [6.07, 6.45) is 4.13. The van der Waals surface area contributed by atoms with Gasteiger partial charge in [0.15, 0.2) is 0 Å². The van der Waals surface area contributed by atoms with Gasteiger partial charge in [0.25, 0.3) is 0 Å². The van der Waals surface area contributed by atoms with Crippen molar-refractivity contribution in [3.63, 3.8) is 0 Å². The predicted molar refractivity (Wildman–Crippen MR) is 69.0 cm³/mol. The summed E-state index contributed by atoms with van der Waals surface area (Å²) in [5.74, 6) is 0.920. The first-order valence-corrected chi connectivity index (χ1v) is 6.34. The van der Waals surface area contributed by atoms with Gasteiger partial charge in [0.2, 0.25) is 5.91 Å². The Kier molecular flexibility index (Phi) is 2.35. The Morgan fingerprint density at radius 2 is 2.24 bits per heavy atom. The zero-order chi connectivity index (χ0) is 12.0. The Morgan fingerprint density at radius 1 is 1.47 bits per heavy atom. The smallest absolute Gasteiger partial charge is 0.227 e. The lowest BCUT2D eigenvalue weighted by molar-refractivity contribution is -0.118. The van der Waals surface area contributed by atoms with Crippen LogP contribution < -0.4 is 10.6 Å². The van der Waals surface area contributed by atoms with Crippen LogP contribution in [-0.2, 0) is 11.2 Å². The summed E-state index contributed by atoms with van der Waals surface area (Å²) in [4.78, 5) is 14.1. The number of hydrogen-bond acceptors (Lipinski definition) is 2. The van der Waals surface area contributed by atoms with E-state index in [2.05, 4.69) is 6.07 Å². The summed E-state index contributed by atoms with van der Waals surface area (Å²) in [6, 6.07) is 4.08. The lowest BCUT2D eigenvalue weighted by Crippen LogP contribution is -2.29. The first kappa shape index (κ1) is 10.6. The lowest BCUT2D eigenvalue weighted by atomic mass is 10.1. The molecule has 2 N–H and O–H groups in total. The maximum absolute atomic E-state index is 12.1. The predicted octanol–water partition coefficient (Wildman–Crippen LogP) is 2.27. The molecule has 3 rings (SSSR count). The lowest BCUT2D eigenvalue weighted by Gasteiger charge is -2.18. The molecule has 0 aromatic heterocycles. The minimum absolute atomic E-state index is 0.273. The van der Waals surface area contributed by atoms with Crippen molar-refractivity contribution >= 4 is 17.3 Å². The molecule has 90 valence electrons. The van der Waals surface area contributed by atoms with Crippen molar-refractivity contribution in [2.45, 2.75) is 32.6 Å². The number of benzene rings is 1. The second-order valence-electron chi connectivity index (χ2n) is 5.28. The van der Waals surface area contributed by atoms with E-state index in [-0.39, 0.29) is 5.91 Å². The number of carbonyl (C=O) groups is 1. The van der Waals surface area contributed by atoms with Crippen LogP contribution in [0.1, 0.15) is 30.4 Å². The van der Waals surface area contributed by atoms with Gasteiger partial charge in [-0.25, -0.2) is 0 Å². The number of nitrogens with two attached hydrogens (primary N) is 1. The van der Waals surface area contributed by atoms with Crippen LogP contribution in [-0.4, -0.2) is 12.5 Å². The normalized spacial score (nSPS) is 18.3. The molecule has 0 bridgehead atoms. The maximum Gasteiger partial charge on any atom is 0.227 e. The minimum atomic E-state index is 0.273. The van der Waals surface area contributed by atoms with E-state index >= 15 is 0 Å². The fourth-order valence-electron chi connectivity index (χ4n) is 2.51. The van der Waals surface area contributed by atoms with E-state index in [1.165, 1.54) is 18.4 Å². The summed E-state index contributed by atoms with van der Waals surface area (Å²) in [7, 11) is 0. The van der Waals surface area contributed by atoms with E-state index in [0.717, 1.165) is 29.9 Å². The third-order valence-corrected chi connectivity index (χ3v) is 3.82. The van der Waals surface area contributed by atoms with Crippen LogP contribution in [0.15, 0.2) is 12.1 Å². The molecule has 17 heavy (non-hydrogen) atoms. The number of carbonyl (C=O) groups excluding carboxylic acids is 1. The van der Waals surface area contributed by atoms with Crippen LogP contribution in [0.4, 0.5) is 11.4 Å². The van der Waals surface area contributed by atoms with Crippen molar-refractivity contribution in [3.05, 3.63) is 23.3 Å². The summed E-state index contributed by atoms with van der Waals surface area (Å²) in [6.45, 7) is 2.84.